The second-order valence-corrected chi connectivity index (χ2v) is 5.57. The highest BCUT2D eigenvalue weighted by molar-refractivity contribution is 5.90. The van der Waals surface area contributed by atoms with Gasteiger partial charge in [0.25, 0.3) is 5.91 Å². The van der Waals surface area contributed by atoms with E-state index in [2.05, 4.69) is 19.2 Å². The van der Waals surface area contributed by atoms with Crippen molar-refractivity contribution < 1.29 is 19.4 Å². The van der Waals surface area contributed by atoms with Gasteiger partial charge in [0, 0.05) is 0 Å². The van der Waals surface area contributed by atoms with E-state index in [9.17, 15) is 9.59 Å². The number of hydrogen-bond acceptors (Lipinski definition) is 3. The van der Waals surface area contributed by atoms with Crippen LogP contribution in [0.15, 0.2) is 24.3 Å². The lowest BCUT2D eigenvalue weighted by Gasteiger charge is -2.16. The highest BCUT2D eigenvalue weighted by Crippen LogP contribution is 2.35. The van der Waals surface area contributed by atoms with Crippen LogP contribution >= 0.6 is 0 Å². The van der Waals surface area contributed by atoms with E-state index in [0.717, 1.165) is 12.0 Å². The molecule has 0 aliphatic heterocycles. The first-order valence-corrected chi connectivity index (χ1v) is 7.24. The molecule has 1 saturated carbocycles. The quantitative estimate of drug-likeness (QED) is 0.808. The molecule has 1 aliphatic rings. The van der Waals surface area contributed by atoms with Gasteiger partial charge in [0.1, 0.15) is 11.3 Å². The van der Waals surface area contributed by atoms with E-state index in [1.165, 1.54) is 0 Å². The molecular formula is C16H21NO4. The number of nitrogens with one attached hydrogen (secondary N) is 1. The smallest absolute Gasteiger partial charge is 0.329 e. The molecule has 5 nitrogen and oxygen atoms in total. The molecule has 0 heterocycles. The van der Waals surface area contributed by atoms with Crippen molar-refractivity contribution in [3.8, 4) is 5.75 Å². The fourth-order valence-electron chi connectivity index (χ4n) is 2.20. The number of benzene rings is 1. The van der Waals surface area contributed by atoms with Crippen LogP contribution in [-0.2, 0) is 9.59 Å². The van der Waals surface area contributed by atoms with Crippen molar-refractivity contribution in [2.45, 2.75) is 44.6 Å². The molecule has 0 spiro atoms. The summed E-state index contributed by atoms with van der Waals surface area (Å²) in [5.74, 6) is -0.343. The zero-order valence-electron chi connectivity index (χ0n) is 12.4. The van der Waals surface area contributed by atoms with E-state index >= 15 is 0 Å². The molecule has 0 bridgehead atoms. The topological polar surface area (TPSA) is 75.6 Å². The number of aliphatic carboxylic acids is 1. The second kappa shape index (κ2) is 6.16. The Balaban J connectivity index is 1.94. The zero-order chi connectivity index (χ0) is 15.5. The Kier molecular flexibility index (Phi) is 4.50. The number of para-hydroxylation sites is 1. The standard InChI is InChI=1S/C16H21NO4/c1-3-11(2)12-6-4-5-7-13(12)21-10-14(18)17-16(8-9-16)15(19)20/h4-7,11H,3,8-10H2,1-2H3,(H,17,18)(H,19,20). The molecule has 1 aromatic carbocycles. The maximum atomic E-state index is 11.8. The Hall–Kier alpha value is -2.04. The maximum Gasteiger partial charge on any atom is 0.329 e. The SMILES string of the molecule is CCC(C)c1ccccc1OCC(=O)NC1(C(=O)O)CC1. The van der Waals surface area contributed by atoms with Gasteiger partial charge in [-0.15, -0.1) is 0 Å². The molecule has 114 valence electrons. The summed E-state index contributed by atoms with van der Waals surface area (Å²) in [4.78, 5) is 22.8. The Morgan fingerprint density at radius 1 is 1.38 bits per heavy atom. The van der Waals surface area contributed by atoms with Gasteiger partial charge in [-0.1, -0.05) is 32.0 Å². The lowest BCUT2D eigenvalue weighted by molar-refractivity contribution is -0.143. The summed E-state index contributed by atoms with van der Waals surface area (Å²) < 4.78 is 5.57. The summed E-state index contributed by atoms with van der Waals surface area (Å²) in [5, 5.41) is 11.6. The van der Waals surface area contributed by atoms with Gasteiger partial charge < -0.3 is 15.2 Å². The third-order valence-corrected chi connectivity index (χ3v) is 3.96. The van der Waals surface area contributed by atoms with Gasteiger partial charge in [0.05, 0.1) is 0 Å². The van der Waals surface area contributed by atoms with Crippen molar-refractivity contribution in [3.63, 3.8) is 0 Å². The Morgan fingerprint density at radius 2 is 2.05 bits per heavy atom. The van der Waals surface area contributed by atoms with Crippen molar-refractivity contribution >= 4 is 11.9 Å². The van der Waals surface area contributed by atoms with E-state index < -0.39 is 17.4 Å². The van der Waals surface area contributed by atoms with E-state index in [0.29, 0.717) is 24.5 Å². The van der Waals surface area contributed by atoms with Gasteiger partial charge in [0.15, 0.2) is 6.61 Å². The fourth-order valence-corrected chi connectivity index (χ4v) is 2.20. The molecule has 21 heavy (non-hydrogen) atoms. The first kappa shape index (κ1) is 15.4. The molecule has 1 unspecified atom stereocenters. The number of carbonyl (C=O) groups excluding carboxylic acids is 1. The van der Waals surface area contributed by atoms with Crippen LogP contribution in [-0.4, -0.2) is 29.1 Å². The van der Waals surface area contributed by atoms with E-state index in [1.807, 2.05) is 24.3 Å². The average molecular weight is 291 g/mol. The zero-order valence-corrected chi connectivity index (χ0v) is 12.4. The largest absolute Gasteiger partial charge is 0.483 e. The summed E-state index contributed by atoms with van der Waals surface area (Å²) in [5.41, 5.74) is 0.00334. The van der Waals surface area contributed by atoms with Gasteiger partial charge >= 0.3 is 5.97 Å². The van der Waals surface area contributed by atoms with Crippen LogP contribution in [0.25, 0.3) is 0 Å². The average Bonchev–Trinajstić information content (AvgIpc) is 3.25. The van der Waals surface area contributed by atoms with E-state index in [-0.39, 0.29) is 6.61 Å². The molecule has 0 radical (unpaired) electrons. The van der Waals surface area contributed by atoms with Crippen molar-refractivity contribution in [1.82, 2.24) is 5.32 Å². The molecule has 1 aliphatic carbocycles. The Labute approximate surface area is 124 Å². The van der Waals surface area contributed by atoms with Gasteiger partial charge in [-0.2, -0.15) is 0 Å². The van der Waals surface area contributed by atoms with Gasteiger partial charge in [-0.3, -0.25) is 4.79 Å². The summed E-state index contributed by atoms with van der Waals surface area (Å²) in [6, 6.07) is 7.62. The van der Waals surface area contributed by atoms with Crippen molar-refractivity contribution in [3.05, 3.63) is 29.8 Å². The highest BCUT2D eigenvalue weighted by atomic mass is 16.5. The fraction of sp³-hybridized carbons (Fsp3) is 0.500. The van der Waals surface area contributed by atoms with Crippen LogP contribution in [0.3, 0.4) is 0 Å². The summed E-state index contributed by atoms with van der Waals surface area (Å²) >= 11 is 0. The maximum absolute atomic E-state index is 11.8. The molecule has 2 N–H and O–H groups in total. The minimum Gasteiger partial charge on any atom is -0.483 e. The van der Waals surface area contributed by atoms with E-state index in [1.54, 1.807) is 0 Å². The van der Waals surface area contributed by atoms with Crippen molar-refractivity contribution in [1.29, 1.82) is 0 Å². The molecule has 5 heteroatoms. The summed E-state index contributed by atoms with van der Waals surface area (Å²) in [6.45, 7) is 4.03. The van der Waals surface area contributed by atoms with Crippen LogP contribution in [0.4, 0.5) is 0 Å². The van der Waals surface area contributed by atoms with Crippen LogP contribution in [0, 0.1) is 0 Å². The van der Waals surface area contributed by atoms with Crippen molar-refractivity contribution in [2.75, 3.05) is 6.61 Å². The van der Waals surface area contributed by atoms with Gasteiger partial charge in [-0.25, -0.2) is 4.79 Å². The molecule has 2 rings (SSSR count). The predicted molar refractivity (Wildman–Crippen MR) is 78.4 cm³/mol. The lowest BCUT2D eigenvalue weighted by Crippen LogP contribution is -2.45. The van der Waals surface area contributed by atoms with Crippen LogP contribution < -0.4 is 10.1 Å². The number of rotatable bonds is 7. The molecule has 1 amide bonds. The number of ether oxygens (including phenoxy) is 1. The van der Waals surface area contributed by atoms with Crippen LogP contribution in [0.1, 0.15) is 44.6 Å². The number of hydrogen-bond donors (Lipinski definition) is 2. The Bertz CT molecular complexity index is 537. The van der Waals surface area contributed by atoms with Crippen molar-refractivity contribution in [2.24, 2.45) is 0 Å². The number of amides is 1. The molecule has 1 atom stereocenters. The minimum absolute atomic E-state index is 0.164. The molecule has 1 fully saturated rings. The summed E-state index contributed by atoms with van der Waals surface area (Å²) in [7, 11) is 0. The third kappa shape index (κ3) is 3.54. The lowest BCUT2D eigenvalue weighted by atomic mass is 9.98. The molecule has 0 saturated heterocycles. The Morgan fingerprint density at radius 3 is 2.62 bits per heavy atom. The highest BCUT2D eigenvalue weighted by Gasteiger charge is 2.51. The van der Waals surface area contributed by atoms with Gasteiger partial charge in [0.2, 0.25) is 0 Å². The number of carboxylic acid groups (broad SMARTS) is 1. The first-order chi connectivity index (χ1) is 9.98. The van der Waals surface area contributed by atoms with E-state index in [4.69, 9.17) is 9.84 Å². The number of carboxylic acids is 1. The summed E-state index contributed by atoms with van der Waals surface area (Å²) in [6.07, 6.45) is 1.95. The number of carbonyl (C=O) groups is 2. The van der Waals surface area contributed by atoms with Crippen LogP contribution in [0.5, 0.6) is 5.75 Å². The molecule has 0 aromatic heterocycles. The van der Waals surface area contributed by atoms with Crippen LogP contribution in [0.2, 0.25) is 0 Å². The van der Waals surface area contributed by atoms with Gasteiger partial charge in [-0.05, 0) is 36.8 Å². The molecular weight excluding hydrogens is 270 g/mol. The molecule has 1 aromatic rings. The third-order valence-electron chi connectivity index (χ3n) is 3.96. The normalized spacial score (nSPS) is 16.9. The second-order valence-electron chi connectivity index (χ2n) is 5.57. The monoisotopic (exact) mass is 291 g/mol. The predicted octanol–water partition coefficient (Wildman–Crippen LogP) is 2.31. The minimum atomic E-state index is -1.06. The first-order valence-electron chi connectivity index (χ1n) is 7.24.